The Morgan fingerprint density at radius 1 is 1.39 bits per heavy atom. The van der Waals surface area contributed by atoms with Crippen molar-refractivity contribution in [3.8, 4) is 0 Å². The molecule has 0 bridgehead atoms. The van der Waals surface area contributed by atoms with Gasteiger partial charge in [-0.3, -0.25) is 9.48 Å². The zero-order chi connectivity index (χ0) is 13.1. The molecule has 1 saturated carbocycles. The van der Waals surface area contributed by atoms with E-state index in [4.69, 9.17) is 0 Å². The molecule has 0 saturated heterocycles. The number of rotatable bonds is 3. The Hall–Kier alpha value is -0.900. The van der Waals surface area contributed by atoms with E-state index >= 15 is 0 Å². The number of aryl methyl sites for hydroxylation is 2. The maximum absolute atomic E-state index is 12.1. The summed E-state index contributed by atoms with van der Waals surface area (Å²) in [6.07, 6.45) is 8.24. The van der Waals surface area contributed by atoms with Crippen molar-refractivity contribution in [2.24, 2.45) is 7.05 Å². The fourth-order valence-corrected chi connectivity index (χ4v) is 2.94. The number of nitrogens with zero attached hydrogens (tertiary/aromatic N) is 2. The van der Waals surface area contributed by atoms with Crippen molar-refractivity contribution in [3.05, 3.63) is 27.5 Å². The molecule has 1 aliphatic carbocycles. The van der Waals surface area contributed by atoms with Gasteiger partial charge < -0.3 is 0 Å². The van der Waals surface area contributed by atoms with Crippen LogP contribution in [0, 0.1) is 6.92 Å². The third kappa shape index (κ3) is 3.10. The number of hydrogen-bond donors (Lipinski definition) is 0. The van der Waals surface area contributed by atoms with E-state index in [0.717, 1.165) is 28.7 Å². The molecule has 0 aromatic carbocycles. The van der Waals surface area contributed by atoms with Gasteiger partial charge in [0.25, 0.3) is 0 Å². The lowest BCUT2D eigenvalue weighted by Gasteiger charge is -2.12. The van der Waals surface area contributed by atoms with Gasteiger partial charge in [-0.25, -0.2) is 0 Å². The quantitative estimate of drug-likeness (QED) is 0.801. The van der Waals surface area contributed by atoms with E-state index in [1.165, 1.54) is 24.8 Å². The molecule has 1 fully saturated rings. The Morgan fingerprint density at radius 3 is 2.61 bits per heavy atom. The van der Waals surface area contributed by atoms with Gasteiger partial charge in [0, 0.05) is 7.05 Å². The summed E-state index contributed by atoms with van der Waals surface area (Å²) in [5.74, 6) is 0.190. The largest absolute Gasteiger partial charge is 0.294 e. The van der Waals surface area contributed by atoms with E-state index in [9.17, 15) is 4.79 Å². The Bertz CT molecular complexity index is 480. The highest BCUT2D eigenvalue weighted by Gasteiger charge is 2.14. The van der Waals surface area contributed by atoms with E-state index < -0.39 is 0 Å². The standard InChI is InChI=1S/C14H19BrN2O/c1-10-14(15)13(17(2)16-10)9-12(18)8-11-6-4-3-5-7-11/h8H,3-7,9H2,1-2H3. The first-order valence-electron chi connectivity index (χ1n) is 6.48. The molecule has 0 N–H and O–H groups in total. The first kappa shape index (κ1) is 13.5. The smallest absolute Gasteiger partial charge is 0.161 e. The van der Waals surface area contributed by atoms with Crippen molar-refractivity contribution in [3.63, 3.8) is 0 Å². The number of aromatic nitrogens is 2. The van der Waals surface area contributed by atoms with Crippen molar-refractivity contribution >= 4 is 21.7 Å². The molecular weight excluding hydrogens is 292 g/mol. The maximum Gasteiger partial charge on any atom is 0.161 e. The van der Waals surface area contributed by atoms with Gasteiger partial charge in [0.2, 0.25) is 0 Å². The molecule has 0 atom stereocenters. The summed E-state index contributed by atoms with van der Waals surface area (Å²) in [6.45, 7) is 1.94. The number of carbonyl (C=O) groups is 1. The van der Waals surface area contributed by atoms with Crippen LogP contribution in [0.3, 0.4) is 0 Å². The molecule has 1 aromatic heterocycles. The van der Waals surface area contributed by atoms with Crippen LogP contribution in [0.4, 0.5) is 0 Å². The van der Waals surface area contributed by atoms with E-state index in [-0.39, 0.29) is 5.78 Å². The van der Waals surface area contributed by atoms with Crippen LogP contribution in [0.5, 0.6) is 0 Å². The average molecular weight is 311 g/mol. The Morgan fingerprint density at radius 2 is 2.06 bits per heavy atom. The highest BCUT2D eigenvalue weighted by atomic mass is 79.9. The van der Waals surface area contributed by atoms with Gasteiger partial charge in [0.1, 0.15) is 0 Å². The minimum atomic E-state index is 0.190. The maximum atomic E-state index is 12.1. The number of halogens is 1. The molecule has 4 heteroatoms. The van der Waals surface area contributed by atoms with Gasteiger partial charge in [-0.1, -0.05) is 12.0 Å². The fourth-order valence-electron chi connectivity index (χ4n) is 2.47. The second kappa shape index (κ2) is 5.83. The van der Waals surface area contributed by atoms with Crippen LogP contribution in [0.1, 0.15) is 43.5 Å². The Labute approximate surface area is 116 Å². The van der Waals surface area contributed by atoms with Crippen LogP contribution in [-0.2, 0) is 18.3 Å². The number of carbonyl (C=O) groups excluding carboxylic acids is 1. The molecule has 0 amide bonds. The van der Waals surface area contributed by atoms with E-state index in [2.05, 4.69) is 21.0 Å². The van der Waals surface area contributed by atoms with Crippen molar-refractivity contribution in [2.45, 2.75) is 45.4 Å². The number of allylic oxidation sites excluding steroid dienone is 2. The predicted molar refractivity (Wildman–Crippen MR) is 75.5 cm³/mol. The predicted octanol–water partition coefficient (Wildman–Crippen LogP) is 3.49. The third-order valence-electron chi connectivity index (χ3n) is 3.46. The lowest BCUT2D eigenvalue weighted by atomic mass is 9.93. The molecule has 1 aliphatic rings. The van der Waals surface area contributed by atoms with Crippen molar-refractivity contribution in [1.29, 1.82) is 0 Å². The molecule has 2 rings (SSSR count). The zero-order valence-corrected chi connectivity index (χ0v) is 12.6. The van der Waals surface area contributed by atoms with E-state index in [1.807, 2.05) is 20.0 Å². The SMILES string of the molecule is Cc1nn(C)c(CC(=O)C=C2CCCCC2)c1Br. The summed E-state index contributed by atoms with van der Waals surface area (Å²) in [6, 6.07) is 0. The zero-order valence-electron chi connectivity index (χ0n) is 11.0. The first-order valence-corrected chi connectivity index (χ1v) is 7.27. The van der Waals surface area contributed by atoms with Crippen molar-refractivity contribution in [1.82, 2.24) is 9.78 Å². The van der Waals surface area contributed by atoms with E-state index in [1.54, 1.807) is 4.68 Å². The second-order valence-corrected chi connectivity index (χ2v) is 5.77. The minimum absolute atomic E-state index is 0.190. The number of hydrogen-bond acceptors (Lipinski definition) is 2. The van der Waals surface area contributed by atoms with E-state index in [0.29, 0.717) is 6.42 Å². The van der Waals surface area contributed by atoms with Gasteiger partial charge in [-0.2, -0.15) is 5.10 Å². The highest BCUT2D eigenvalue weighted by molar-refractivity contribution is 9.10. The van der Waals surface area contributed by atoms with Crippen LogP contribution in [0.2, 0.25) is 0 Å². The first-order chi connectivity index (χ1) is 8.58. The molecule has 0 radical (unpaired) electrons. The topological polar surface area (TPSA) is 34.9 Å². The monoisotopic (exact) mass is 310 g/mol. The van der Waals surface area contributed by atoms with Gasteiger partial charge in [0.15, 0.2) is 5.78 Å². The molecule has 1 heterocycles. The summed E-state index contributed by atoms with van der Waals surface area (Å²) < 4.78 is 2.75. The van der Waals surface area contributed by atoms with Crippen LogP contribution in [0.15, 0.2) is 16.1 Å². The lowest BCUT2D eigenvalue weighted by Crippen LogP contribution is -2.07. The van der Waals surface area contributed by atoms with Gasteiger partial charge in [-0.15, -0.1) is 0 Å². The van der Waals surface area contributed by atoms with Crippen LogP contribution in [-0.4, -0.2) is 15.6 Å². The Balaban J connectivity index is 2.07. The van der Waals surface area contributed by atoms with Crippen LogP contribution < -0.4 is 0 Å². The Kier molecular flexibility index (Phi) is 4.38. The molecule has 0 unspecified atom stereocenters. The van der Waals surface area contributed by atoms with Gasteiger partial charge >= 0.3 is 0 Å². The lowest BCUT2D eigenvalue weighted by molar-refractivity contribution is -0.114. The highest BCUT2D eigenvalue weighted by Crippen LogP contribution is 2.24. The summed E-state index contributed by atoms with van der Waals surface area (Å²) in [7, 11) is 1.88. The van der Waals surface area contributed by atoms with Gasteiger partial charge in [0.05, 0.1) is 22.3 Å². The molecule has 3 nitrogen and oxygen atoms in total. The summed E-state index contributed by atoms with van der Waals surface area (Å²) in [5, 5.41) is 4.31. The number of ketones is 1. The average Bonchev–Trinajstić information content (AvgIpc) is 2.57. The molecule has 98 valence electrons. The summed E-state index contributed by atoms with van der Waals surface area (Å²) in [4.78, 5) is 12.1. The summed E-state index contributed by atoms with van der Waals surface area (Å²) >= 11 is 3.50. The molecule has 18 heavy (non-hydrogen) atoms. The van der Waals surface area contributed by atoms with Crippen LogP contribution >= 0.6 is 15.9 Å². The van der Waals surface area contributed by atoms with Gasteiger partial charge in [-0.05, 0) is 54.6 Å². The fraction of sp³-hybridized carbons (Fsp3) is 0.571. The van der Waals surface area contributed by atoms with Crippen molar-refractivity contribution < 1.29 is 4.79 Å². The normalized spacial score (nSPS) is 15.8. The molecular formula is C14H19BrN2O. The van der Waals surface area contributed by atoms with Crippen LogP contribution in [0.25, 0.3) is 0 Å². The third-order valence-corrected chi connectivity index (χ3v) is 4.50. The summed E-state index contributed by atoms with van der Waals surface area (Å²) in [5.41, 5.74) is 3.22. The second-order valence-electron chi connectivity index (χ2n) is 4.98. The molecule has 0 spiro atoms. The molecule has 0 aliphatic heterocycles. The minimum Gasteiger partial charge on any atom is -0.294 e. The van der Waals surface area contributed by atoms with Crippen molar-refractivity contribution in [2.75, 3.05) is 0 Å². The molecule has 1 aromatic rings.